The first kappa shape index (κ1) is 19.1. The Morgan fingerprint density at radius 1 is 1.00 bits per heavy atom. The highest BCUT2D eigenvalue weighted by Crippen LogP contribution is 2.20. The molecule has 0 heterocycles. The molecule has 0 aromatic heterocycles. The molecular formula is C23H28O2. The van der Waals surface area contributed by atoms with Crippen LogP contribution in [-0.4, -0.2) is 13.2 Å². The zero-order valence-corrected chi connectivity index (χ0v) is 15.3. The van der Waals surface area contributed by atoms with Crippen molar-refractivity contribution in [3.8, 4) is 18.1 Å². The van der Waals surface area contributed by atoms with Gasteiger partial charge in [-0.25, -0.2) is 0 Å². The van der Waals surface area contributed by atoms with E-state index in [2.05, 4.69) is 43.2 Å². The highest BCUT2D eigenvalue weighted by Gasteiger charge is 2.13. The summed E-state index contributed by atoms with van der Waals surface area (Å²) in [6.45, 7) is 2.87. The largest absolute Gasteiger partial charge is 0.497 e. The molecule has 0 unspecified atom stereocenters. The van der Waals surface area contributed by atoms with Crippen molar-refractivity contribution >= 4 is 0 Å². The number of terminal acetylenes is 1. The molecule has 2 nitrogen and oxygen atoms in total. The molecule has 0 radical (unpaired) electrons. The van der Waals surface area contributed by atoms with E-state index in [0.29, 0.717) is 18.9 Å². The molecule has 2 heteroatoms. The molecule has 0 amide bonds. The van der Waals surface area contributed by atoms with E-state index in [0.717, 1.165) is 30.6 Å². The van der Waals surface area contributed by atoms with Crippen molar-refractivity contribution < 1.29 is 9.47 Å². The molecule has 0 saturated carbocycles. The normalized spacial score (nSPS) is 13.0. The Kier molecular flexibility index (Phi) is 8.09. The maximum atomic E-state index is 6.08. The lowest BCUT2D eigenvalue weighted by molar-refractivity contribution is 0.0283. The summed E-state index contributed by atoms with van der Waals surface area (Å²) in [5.74, 6) is 4.19. The maximum Gasteiger partial charge on any atom is 0.118 e. The van der Waals surface area contributed by atoms with Crippen molar-refractivity contribution in [1.29, 1.82) is 0 Å². The van der Waals surface area contributed by atoms with Gasteiger partial charge in [-0.3, -0.25) is 0 Å². The van der Waals surface area contributed by atoms with Gasteiger partial charge in [-0.2, -0.15) is 0 Å². The van der Waals surface area contributed by atoms with Crippen LogP contribution in [0.1, 0.15) is 37.3 Å². The molecule has 0 aliphatic rings. The van der Waals surface area contributed by atoms with Gasteiger partial charge in [0.15, 0.2) is 0 Å². The summed E-state index contributed by atoms with van der Waals surface area (Å²) >= 11 is 0. The third-order valence-corrected chi connectivity index (χ3v) is 4.42. The Morgan fingerprint density at radius 2 is 1.72 bits per heavy atom. The summed E-state index contributed by atoms with van der Waals surface area (Å²) in [7, 11) is 1.67. The van der Waals surface area contributed by atoms with Gasteiger partial charge in [0.05, 0.1) is 19.8 Å². The van der Waals surface area contributed by atoms with Crippen LogP contribution in [0, 0.1) is 18.3 Å². The average molecular weight is 336 g/mol. The lowest BCUT2D eigenvalue weighted by atomic mass is 9.94. The Bertz CT molecular complexity index is 640. The first-order chi connectivity index (χ1) is 12.2. The zero-order valence-electron chi connectivity index (χ0n) is 15.3. The number of rotatable bonds is 10. The van der Waals surface area contributed by atoms with E-state index >= 15 is 0 Å². The van der Waals surface area contributed by atoms with Crippen LogP contribution in [0.15, 0.2) is 54.6 Å². The lowest BCUT2D eigenvalue weighted by Crippen LogP contribution is -2.16. The van der Waals surface area contributed by atoms with Crippen LogP contribution < -0.4 is 4.74 Å². The number of ether oxygens (including phenoxy) is 2. The summed E-state index contributed by atoms with van der Waals surface area (Å²) in [5.41, 5.74) is 2.53. The Hall–Kier alpha value is -2.24. The number of hydrogen-bond donors (Lipinski definition) is 0. The second-order valence-corrected chi connectivity index (χ2v) is 6.55. The van der Waals surface area contributed by atoms with Gasteiger partial charge in [-0.1, -0.05) is 49.4 Å². The van der Waals surface area contributed by atoms with Crippen molar-refractivity contribution in [2.45, 2.75) is 45.3 Å². The molecule has 25 heavy (non-hydrogen) atoms. The number of methoxy groups -OCH3 is 1. The lowest BCUT2D eigenvalue weighted by Gasteiger charge is -2.20. The Balaban J connectivity index is 1.79. The summed E-state index contributed by atoms with van der Waals surface area (Å²) in [4.78, 5) is 0. The number of benzene rings is 2. The second kappa shape index (κ2) is 10.6. The van der Waals surface area contributed by atoms with E-state index in [1.165, 1.54) is 5.56 Å². The van der Waals surface area contributed by atoms with Gasteiger partial charge in [0.25, 0.3) is 0 Å². The first-order valence-corrected chi connectivity index (χ1v) is 8.93. The van der Waals surface area contributed by atoms with Crippen LogP contribution in [-0.2, 0) is 17.8 Å². The third kappa shape index (κ3) is 7.03. The van der Waals surface area contributed by atoms with Crippen molar-refractivity contribution in [2.75, 3.05) is 7.11 Å². The van der Waals surface area contributed by atoms with Gasteiger partial charge in [0.2, 0.25) is 0 Å². The van der Waals surface area contributed by atoms with E-state index in [1.807, 2.05) is 24.3 Å². The fourth-order valence-electron chi connectivity index (χ4n) is 2.90. The van der Waals surface area contributed by atoms with Gasteiger partial charge in [0, 0.05) is 6.42 Å². The van der Waals surface area contributed by atoms with E-state index in [-0.39, 0.29) is 6.10 Å². The van der Waals surface area contributed by atoms with Crippen molar-refractivity contribution in [2.24, 2.45) is 5.92 Å². The fourth-order valence-corrected chi connectivity index (χ4v) is 2.90. The summed E-state index contributed by atoms with van der Waals surface area (Å²) in [6, 6.07) is 18.6. The average Bonchev–Trinajstić information content (AvgIpc) is 2.66. The highest BCUT2D eigenvalue weighted by atomic mass is 16.5. The predicted molar refractivity (Wildman–Crippen MR) is 104 cm³/mol. The molecule has 2 rings (SSSR count). The molecule has 0 aliphatic heterocycles. The molecule has 2 aromatic carbocycles. The minimum Gasteiger partial charge on any atom is -0.497 e. The summed E-state index contributed by atoms with van der Waals surface area (Å²) in [6.07, 6.45) is 9.54. The molecule has 0 aliphatic carbocycles. The molecule has 0 N–H and O–H groups in total. The monoisotopic (exact) mass is 336 g/mol. The van der Waals surface area contributed by atoms with Crippen LogP contribution in [0.4, 0.5) is 0 Å². The minimum atomic E-state index is 0.109. The van der Waals surface area contributed by atoms with E-state index in [1.54, 1.807) is 7.11 Å². The summed E-state index contributed by atoms with van der Waals surface area (Å²) < 4.78 is 11.3. The second-order valence-electron chi connectivity index (χ2n) is 6.55. The first-order valence-electron chi connectivity index (χ1n) is 8.93. The third-order valence-electron chi connectivity index (χ3n) is 4.42. The van der Waals surface area contributed by atoms with Crippen LogP contribution in [0.25, 0.3) is 0 Å². The van der Waals surface area contributed by atoms with Crippen LogP contribution in [0.2, 0.25) is 0 Å². The maximum absolute atomic E-state index is 6.08. The van der Waals surface area contributed by atoms with Crippen molar-refractivity contribution in [1.82, 2.24) is 0 Å². The van der Waals surface area contributed by atoms with E-state index < -0.39 is 0 Å². The smallest absolute Gasteiger partial charge is 0.118 e. The van der Waals surface area contributed by atoms with Crippen LogP contribution >= 0.6 is 0 Å². The predicted octanol–water partition coefficient (Wildman–Crippen LogP) is 5.26. The minimum absolute atomic E-state index is 0.109. The Morgan fingerprint density at radius 3 is 2.36 bits per heavy atom. The van der Waals surface area contributed by atoms with Gasteiger partial charge in [-0.15, -0.1) is 12.3 Å². The van der Waals surface area contributed by atoms with E-state index in [9.17, 15) is 0 Å². The van der Waals surface area contributed by atoms with Crippen molar-refractivity contribution in [3.05, 3.63) is 65.7 Å². The standard InChI is InChI=1S/C23H28O2/c1-4-8-23(25-18-21-13-15-22(24-3)16-14-21)17-19(2)11-12-20-9-6-5-7-10-20/h1,5-7,9-10,13-16,19,23H,8,11-12,17-18H2,2-3H3/t19-,23-/m0/s1. The van der Waals surface area contributed by atoms with Gasteiger partial charge >= 0.3 is 0 Å². The molecule has 0 fully saturated rings. The highest BCUT2D eigenvalue weighted by molar-refractivity contribution is 5.26. The zero-order chi connectivity index (χ0) is 17.9. The van der Waals surface area contributed by atoms with E-state index in [4.69, 9.17) is 15.9 Å². The summed E-state index contributed by atoms with van der Waals surface area (Å²) in [5, 5.41) is 0. The number of aryl methyl sites for hydroxylation is 1. The quantitative estimate of drug-likeness (QED) is 0.551. The molecular weight excluding hydrogens is 308 g/mol. The molecule has 2 atom stereocenters. The van der Waals surface area contributed by atoms with Gasteiger partial charge < -0.3 is 9.47 Å². The molecule has 132 valence electrons. The topological polar surface area (TPSA) is 18.5 Å². The van der Waals surface area contributed by atoms with Crippen molar-refractivity contribution in [3.63, 3.8) is 0 Å². The fraction of sp³-hybridized carbons (Fsp3) is 0.391. The molecule has 2 aromatic rings. The van der Waals surface area contributed by atoms with Gasteiger partial charge in [-0.05, 0) is 48.4 Å². The van der Waals surface area contributed by atoms with Crippen LogP contribution in [0.5, 0.6) is 5.75 Å². The van der Waals surface area contributed by atoms with Crippen LogP contribution in [0.3, 0.4) is 0 Å². The molecule has 0 bridgehead atoms. The Labute approximate surface area is 152 Å². The SMILES string of the molecule is C#CC[C@@H](C[C@@H](C)CCc1ccccc1)OCc1ccc(OC)cc1. The molecule has 0 spiro atoms. The molecule has 0 saturated heterocycles. The van der Waals surface area contributed by atoms with Gasteiger partial charge in [0.1, 0.15) is 5.75 Å². The number of hydrogen-bond acceptors (Lipinski definition) is 2.